The summed E-state index contributed by atoms with van der Waals surface area (Å²) in [4.78, 5) is 18.1. The zero-order chi connectivity index (χ0) is 16.2. The molecule has 1 aromatic heterocycles. The second kappa shape index (κ2) is 6.91. The summed E-state index contributed by atoms with van der Waals surface area (Å²) in [5.74, 6) is 0.959. The highest BCUT2D eigenvalue weighted by molar-refractivity contribution is 5.78. The van der Waals surface area contributed by atoms with Crippen molar-refractivity contribution in [1.29, 1.82) is 0 Å². The van der Waals surface area contributed by atoms with Gasteiger partial charge in [0, 0.05) is 20.1 Å². The van der Waals surface area contributed by atoms with E-state index in [2.05, 4.69) is 4.98 Å². The summed E-state index contributed by atoms with van der Waals surface area (Å²) in [6.07, 6.45) is 3.99. The van der Waals surface area contributed by atoms with E-state index in [0.717, 1.165) is 18.4 Å². The zero-order valence-corrected chi connectivity index (χ0v) is 13.0. The van der Waals surface area contributed by atoms with E-state index in [-0.39, 0.29) is 24.4 Å². The number of methoxy groups -OCH3 is 1. The quantitative estimate of drug-likeness (QED) is 0.850. The van der Waals surface area contributed by atoms with Crippen LogP contribution in [0.1, 0.15) is 36.1 Å². The lowest BCUT2D eigenvalue weighted by molar-refractivity contribution is -0.136. The van der Waals surface area contributed by atoms with Gasteiger partial charge < -0.3 is 14.1 Å². The maximum absolute atomic E-state index is 12.9. The number of benzene rings is 1. The molecule has 1 saturated heterocycles. The number of hydrogen-bond donors (Lipinski definition) is 0. The van der Waals surface area contributed by atoms with Gasteiger partial charge >= 0.3 is 0 Å². The van der Waals surface area contributed by atoms with Crippen molar-refractivity contribution in [3.63, 3.8) is 0 Å². The third kappa shape index (κ3) is 3.59. The number of carbonyl (C=O) groups excluding carboxylic acids is 1. The molecule has 2 heterocycles. The second-order valence-electron chi connectivity index (χ2n) is 5.65. The molecule has 23 heavy (non-hydrogen) atoms. The second-order valence-corrected chi connectivity index (χ2v) is 5.65. The van der Waals surface area contributed by atoms with Crippen LogP contribution in [0.5, 0.6) is 0 Å². The molecule has 0 aliphatic carbocycles. The number of carbonyl (C=O) groups is 1. The highest BCUT2D eigenvalue weighted by Gasteiger charge is 2.33. The lowest BCUT2D eigenvalue weighted by atomic mass is 10.1. The van der Waals surface area contributed by atoms with Gasteiger partial charge in [0.15, 0.2) is 0 Å². The summed E-state index contributed by atoms with van der Waals surface area (Å²) >= 11 is 0. The molecule has 1 amide bonds. The molecule has 0 bridgehead atoms. The van der Waals surface area contributed by atoms with E-state index in [4.69, 9.17) is 9.15 Å². The Balaban J connectivity index is 1.70. The van der Waals surface area contributed by atoms with Crippen LogP contribution in [0.4, 0.5) is 4.39 Å². The molecule has 122 valence electrons. The summed E-state index contributed by atoms with van der Waals surface area (Å²) in [5.41, 5.74) is 0.952. The number of rotatable bonds is 5. The van der Waals surface area contributed by atoms with Crippen molar-refractivity contribution in [1.82, 2.24) is 9.88 Å². The first-order valence-corrected chi connectivity index (χ1v) is 7.65. The predicted molar refractivity (Wildman–Crippen MR) is 81.3 cm³/mol. The normalized spacial score (nSPS) is 17.7. The first-order chi connectivity index (χ1) is 11.2. The summed E-state index contributed by atoms with van der Waals surface area (Å²) in [6.45, 7) is 0.766. The summed E-state index contributed by atoms with van der Waals surface area (Å²) in [6, 6.07) is 6.17. The van der Waals surface area contributed by atoms with Crippen molar-refractivity contribution < 1.29 is 18.3 Å². The number of nitrogens with zero attached hydrogens (tertiary/aromatic N) is 2. The summed E-state index contributed by atoms with van der Waals surface area (Å²) in [7, 11) is 1.51. The van der Waals surface area contributed by atoms with Crippen LogP contribution < -0.4 is 0 Å². The van der Waals surface area contributed by atoms with E-state index in [9.17, 15) is 9.18 Å². The van der Waals surface area contributed by atoms with E-state index < -0.39 is 0 Å². The van der Waals surface area contributed by atoms with Crippen LogP contribution in [-0.4, -0.2) is 36.1 Å². The third-order valence-corrected chi connectivity index (χ3v) is 3.99. The van der Waals surface area contributed by atoms with Gasteiger partial charge in [-0.25, -0.2) is 9.37 Å². The molecule has 0 saturated carbocycles. The topological polar surface area (TPSA) is 55.6 Å². The van der Waals surface area contributed by atoms with Crippen molar-refractivity contribution in [2.24, 2.45) is 0 Å². The maximum Gasteiger partial charge on any atom is 0.249 e. The monoisotopic (exact) mass is 318 g/mol. The van der Waals surface area contributed by atoms with Gasteiger partial charge in [-0.3, -0.25) is 4.79 Å². The Bertz CT molecular complexity index is 669. The first kappa shape index (κ1) is 15.7. The summed E-state index contributed by atoms with van der Waals surface area (Å²) < 4.78 is 23.7. The van der Waals surface area contributed by atoms with Crippen molar-refractivity contribution >= 4 is 5.91 Å². The Labute approximate surface area is 134 Å². The summed E-state index contributed by atoms with van der Waals surface area (Å²) in [5, 5.41) is 0. The first-order valence-electron chi connectivity index (χ1n) is 7.65. The Kier molecular flexibility index (Phi) is 4.71. The number of aromatic nitrogens is 1. The smallest absolute Gasteiger partial charge is 0.249 e. The molecule has 6 heteroatoms. The molecule has 3 rings (SSSR count). The number of ether oxygens (including phenoxy) is 1. The number of hydrogen-bond acceptors (Lipinski definition) is 4. The Hall–Kier alpha value is -2.21. The van der Waals surface area contributed by atoms with Crippen molar-refractivity contribution in [2.75, 3.05) is 20.3 Å². The average molecular weight is 318 g/mol. The van der Waals surface area contributed by atoms with Crippen LogP contribution in [-0.2, 0) is 16.0 Å². The minimum atomic E-state index is -0.259. The third-order valence-electron chi connectivity index (χ3n) is 3.99. The standard InChI is InChI=1S/C17H19FN2O3/c1-22-11-16(21)20-8-2-3-15(20)17-19-10-14(23-17)9-12-4-6-13(18)7-5-12/h4-7,10,15H,2-3,8-9,11H2,1H3. The lowest BCUT2D eigenvalue weighted by Crippen LogP contribution is -2.33. The van der Waals surface area contributed by atoms with Crippen LogP contribution in [0.2, 0.25) is 0 Å². The molecular weight excluding hydrogens is 299 g/mol. The number of oxazole rings is 1. The molecule has 2 aromatic rings. The Morgan fingerprint density at radius 2 is 2.22 bits per heavy atom. The zero-order valence-electron chi connectivity index (χ0n) is 13.0. The van der Waals surface area contributed by atoms with Crippen LogP contribution in [0.25, 0.3) is 0 Å². The lowest BCUT2D eigenvalue weighted by Gasteiger charge is -2.21. The van der Waals surface area contributed by atoms with E-state index in [1.807, 2.05) is 0 Å². The van der Waals surface area contributed by atoms with E-state index in [1.165, 1.54) is 19.2 Å². The molecule has 1 unspecified atom stereocenters. The molecule has 0 spiro atoms. The number of halogens is 1. The van der Waals surface area contributed by atoms with Gasteiger partial charge in [-0.05, 0) is 30.5 Å². The molecule has 1 aliphatic heterocycles. The van der Waals surface area contributed by atoms with Crippen molar-refractivity contribution in [3.8, 4) is 0 Å². The Morgan fingerprint density at radius 1 is 1.43 bits per heavy atom. The molecule has 5 nitrogen and oxygen atoms in total. The highest BCUT2D eigenvalue weighted by Crippen LogP contribution is 2.31. The van der Waals surface area contributed by atoms with Gasteiger partial charge in [-0.15, -0.1) is 0 Å². The predicted octanol–water partition coefficient (Wildman–Crippen LogP) is 2.71. The number of amides is 1. The average Bonchev–Trinajstić information content (AvgIpc) is 3.18. The molecule has 1 fully saturated rings. The van der Waals surface area contributed by atoms with Crippen LogP contribution >= 0.6 is 0 Å². The van der Waals surface area contributed by atoms with Crippen molar-refractivity contribution in [3.05, 3.63) is 53.5 Å². The largest absolute Gasteiger partial charge is 0.443 e. The van der Waals surface area contributed by atoms with E-state index >= 15 is 0 Å². The van der Waals surface area contributed by atoms with Gasteiger partial charge in [0.1, 0.15) is 24.2 Å². The minimum absolute atomic E-state index is 0.0479. The highest BCUT2D eigenvalue weighted by atomic mass is 19.1. The van der Waals surface area contributed by atoms with Gasteiger partial charge in [-0.1, -0.05) is 12.1 Å². The van der Waals surface area contributed by atoms with Gasteiger partial charge in [0.05, 0.1) is 6.20 Å². The Morgan fingerprint density at radius 3 is 2.96 bits per heavy atom. The molecule has 1 aliphatic rings. The number of likely N-dealkylation sites (tertiary alicyclic amines) is 1. The minimum Gasteiger partial charge on any atom is -0.443 e. The van der Waals surface area contributed by atoms with Crippen molar-refractivity contribution in [2.45, 2.75) is 25.3 Å². The molecule has 1 aromatic carbocycles. The van der Waals surface area contributed by atoms with Crippen LogP contribution in [0.3, 0.4) is 0 Å². The van der Waals surface area contributed by atoms with Gasteiger partial charge in [-0.2, -0.15) is 0 Å². The van der Waals surface area contributed by atoms with Gasteiger partial charge in [0.2, 0.25) is 11.8 Å². The van der Waals surface area contributed by atoms with Gasteiger partial charge in [0.25, 0.3) is 0 Å². The van der Waals surface area contributed by atoms with Crippen LogP contribution in [0.15, 0.2) is 34.9 Å². The fourth-order valence-corrected chi connectivity index (χ4v) is 2.89. The molecule has 1 atom stereocenters. The SMILES string of the molecule is COCC(=O)N1CCCC1c1ncc(Cc2ccc(F)cc2)o1. The molecular formula is C17H19FN2O3. The fraction of sp³-hybridized carbons (Fsp3) is 0.412. The molecule has 0 radical (unpaired) electrons. The molecule has 0 N–H and O–H groups in total. The van der Waals surface area contributed by atoms with E-state index in [1.54, 1.807) is 23.2 Å². The van der Waals surface area contributed by atoms with E-state index in [0.29, 0.717) is 24.6 Å². The fourth-order valence-electron chi connectivity index (χ4n) is 2.89. The maximum atomic E-state index is 12.9. The van der Waals surface area contributed by atoms with Crippen LogP contribution in [0, 0.1) is 5.82 Å².